The number of nitrogens with one attached hydrogen (secondary N) is 1. The summed E-state index contributed by atoms with van der Waals surface area (Å²) in [5, 5.41) is 13.7. The van der Waals surface area contributed by atoms with Crippen LogP contribution < -0.4 is 5.32 Å². The number of hydrogen-bond donors (Lipinski definition) is 2. The smallest absolute Gasteiger partial charge is 0.125 e. The van der Waals surface area contributed by atoms with Gasteiger partial charge in [-0.2, -0.15) is 0 Å². The predicted molar refractivity (Wildman–Crippen MR) is 66.5 cm³/mol. The van der Waals surface area contributed by atoms with E-state index in [1.54, 1.807) is 6.07 Å². The van der Waals surface area contributed by atoms with Crippen molar-refractivity contribution in [2.75, 3.05) is 6.54 Å². The van der Waals surface area contributed by atoms with Gasteiger partial charge >= 0.3 is 0 Å². The normalized spacial score (nSPS) is 18.5. The fourth-order valence-corrected chi connectivity index (χ4v) is 2.61. The number of hydrogen-bond acceptors (Lipinski definition) is 2. The Morgan fingerprint density at radius 2 is 2.00 bits per heavy atom. The highest BCUT2D eigenvalue weighted by Crippen LogP contribution is 2.28. The summed E-state index contributed by atoms with van der Waals surface area (Å²) in [5.41, 5.74) is 0.230. The average molecular weight is 258 g/mol. The molecule has 2 N–H and O–H groups in total. The van der Waals surface area contributed by atoms with Gasteiger partial charge in [-0.25, -0.2) is 4.39 Å². The summed E-state index contributed by atoms with van der Waals surface area (Å²) in [6, 6.07) is 4.48. The summed E-state index contributed by atoms with van der Waals surface area (Å²) >= 11 is 5.77. The van der Waals surface area contributed by atoms with E-state index in [0.29, 0.717) is 18.1 Å². The highest BCUT2D eigenvalue weighted by atomic mass is 35.5. The number of benzene rings is 1. The quantitative estimate of drug-likeness (QED) is 0.869. The lowest BCUT2D eigenvalue weighted by molar-refractivity contribution is 0.0475. The lowest BCUT2D eigenvalue weighted by atomic mass is 10.0. The molecule has 0 unspecified atom stereocenters. The standard InChI is InChI=1S/C13H17ClFNO/c14-11-5-10(6-12(15)7-11)8-16-9-13(17)3-1-2-4-13/h5-7,16-17H,1-4,8-9H2. The molecule has 0 heterocycles. The highest BCUT2D eigenvalue weighted by molar-refractivity contribution is 6.30. The number of halogens is 2. The molecule has 1 saturated carbocycles. The minimum atomic E-state index is -0.572. The summed E-state index contributed by atoms with van der Waals surface area (Å²) < 4.78 is 13.1. The molecular formula is C13H17ClFNO. The van der Waals surface area contributed by atoms with Crippen LogP contribution in [0, 0.1) is 5.82 Å². The Morgan fingerprint density at radius 1 is 1.29 bits per heavy atom. The van der Waals surface area contributed by atoms with Crippen LogP contribution in [0.5, 0.6) is 0 Å². The summed E-state index contributed by atoms with van der Waals surface area (Å²) in [5.74, 6) is -0.325. The van der Waals surface area contributed by atoms with Gasteiger partial charge in [0.25, 0.3) is 0 Å². The largest absolute Gasteiger partial charge is 0.389 e. The Morgan fingerprint density at radius 3 is 2.65 bits per heavy atom. The molecule has 0 amide bonds. The topological polar surface area (TPSA) is 32.3 Å². The molecule has 0 aromatic heterocycles. The van der Waals surface area contributed by atoms with E-state index in [0.717, 1.165) is 31.2 Å². The van der Waals surface area contributed by atoms with Crippen LogP contribution in [-0.2, 0) is 6.54 Å². The van der Waals surface area contributed by atoms with Gasteiger partial charge in [0.05, 0.1) is 5.60 Å². The van der Waals surface area contributed by atoms with Crippen LogP contribution in [0.1, 0.15) is 31.2 Å². The Balaban J connectivity index is 1.85. The molecule has 0 radical (unpaired) electrons. The van der Waals surface area contributed by atoms with Gasteiger partial charge in [0.15, 0.2) is 0 Å². The second-order valence-corrected chi connectivity index (χ2v) is 5.25. The molecule has 1 aliphatic rings. The first-order chi connectivity index (χ1) is 8.07. The van der Waals surface area contributed by atoms with Crippen LogP contribution >= 0.6 is 11.6 Å². The minimum absolute atomic E-state index is 0.325. The zero-order valence-electron chi connectivity index (χ0n) is 9.68. The maximum absolute atomic E-state index is 13.1. The summed E-state index contributed by atoms with van der Waals surface area (Å²) in [4.78, 5) is 0. The van der Waals surface area contributed by atoms with Crippen molar-refractivity contribution in [1.29, 1.82) is 0 Å². The van der Waals surface area contributed by atoms with Crippen molar-refractivity contribution < 1.29 is 9.50 Å². The van der Waals surface area contributed by atoms with Crippen molar-refractivity contribution in [2.45, 2.75) is 37.8 Å². The van der Waals surface area contributed by atoms with E-state index >= 15 is 0 Å². The van der Waals surface area contributed by atoms with Gasteiger partial charge < -0.3 is 10.4 Å². The van der Waals surface area contributed by atoms with Crippen LogP contribution in [0.15, 0.2) is 18.2 Å². The monoisotopic (exact) mass is 257 g/mol. The Labute approximate surface area is 106 Å². The Kier molecular flexibility index (Phi) is 4.02. The molecule has 2 rings (SSSR count). The van der Waals surface area contributed by atoms with E-state index in [1.807, 2.05) is 0 Å². The third kappa shape index (κ3) is 3.66. The third-order valence-corrected chi connectivity index (χ3v) is 3.46. The highest BCUT2D eigenvalue weighted by Gasteiger charge is 2.30. The van der Waals surface area contributed by atoms with Crippen molar-refractivity contribution >= 4 is 11.6 Å². The minimum Gasteiger partial charge on any atom is -0.389 e. The van der Waals surface area contributed by atoms with Gasteiger partial charge in [0.2, 0.25) is 0 Å². The molecule has 1 aromatic rings. The zero-order chi connectivity index (χ0) is 12.3. The Hall–Kier alpha value is -0.640. The predicted octanol–water partition coefficient (Wildman–Crippen LogP) is 2.87. The molecule has 0 aliphatic heterocycles. The van der Waals surface area contributed by atoms with E-state index in [1.165, 1.54) is 12.1 Å². The lowest BCUT2D eigenvalue weighted by Gasteiger charge is -2.22. The maximum Gasteiger partial charge on any atom is 0.125 e. The van der Waals surface area contributed by atoms with Crippen molar-refractivity contribution in [2.24, 2.45) is 0 Å². The first kappa shape index (κ1) is 12.8. The van der Waals surface area contributed by atoms with Gasteiger partial charge in [-0.1, -0.05) is 24.4 Å². The van der Waals surface area contributed by atoms with Crippen LogP contribution in [-0.4, -0.2) is 17.3 Å². The second-order valence-electron chi connectivity index (χ2n) is 4.81. The molecule has 94 valence electrons. The van der Waals surface area contributed by atoms with Gasteiger partial charge in [-0.3, -0.25) is 0 Å². The molecular weight excluding hydrogens is 241 g/mol. The van der Waals surface area contributed by atoms with Crippen molar-refractivity contribution in [3.8, 4) is 0 Å². The van der Waals surface area contributed by atoms with E-state index in [2.05, 4.69) is 5.32 Å². The molecule has 1 aromatic carbocycles. The van der Waals surface area contributed by atoms with E-state index < -0.39 is 5.60 Å². The van der Waals surface area contributed by atoms with Gasteiger partial charge in [-0.05, 0) is 36.6 Å². The van der Waals surface area contributed by atoms with Crippen LogP contribution in [0.3, 0.4) is 0 Å². The van der Waals surface area contributed by atoms with Gasteiger partial charge in [0, 0.05) is 18.1 Å². The zero-order valence-corrected chi connectivity index (χ0v) is 10.4. The van der Waals surface area contributed by atoms with Gasteiger partial charge in [0.1, 0.15) is 5.82 Å². The first-order valence-corrected chi connectivity index (χ1v) is 6.33. The fraction of sp³-hybridized carbons (Fsp3) is 0.538. The van der Waals surface area contributed by atoms with Crippen molar-refractivity contribution in [1.82, 2.24) is 5.32 Å². The summed E-state index contributed by atoms with van der Waals surface area (Å²) in [6.07, 6.45) is 3.88. The number of rotatable bonds is 4. The third-order valence-electron chi connectivity index (χ3n) is 3.24. The van der Waals surface area contributed by atoms with E-state index in [4.69, 9.17) is 11.6 Å². The number of aliphatic hydroxyl groups is 1. The molecule has 4 heteroatoms. The van der Waals surface area contributed by atoms with E-state index in [-0.39, 0.29) is 5.82 Å². The van der Waals surface area contributed by atoms with E-state index in [9.17, 15) is 9.50 Å². The van der Waals surface area contributed by atoms with Crippen molar-refractivity contribution in [3.05, 3.63) is 34.6 Å². The van der Waals surface area contributed by atoms with Crippen LogP contribution in [0.4, 0.5) is 4.39 Å². The molecule has 0 spiro atoms. The molecule has 17 heavy (non-hydrogen) atoms. The SMILES string of the molecule is OC1(CNCc2cc(F)cc(Cl)c2)CCCC1. The van der Waals surface area contributed by atoms with Gasteiger partial charge in [-0.15, -0.1) is 0 Å². The fourth-order valence-electron chi connectivity index (χ4n) is 2.36. The van der Waals surface area contributed by atoms with Crippen LogP contribution in [0.2, 0.25) is 5.02 Å². The first-order valence-electron chi connectivity index (χ1n) is 5.95. The molecule has 2 nitrogen and oxygen atoms in total. The molecule has 1 fully saturated rings. The van der Waals surface area contributed by atoms with Crippen molar-refractivity contribution in [3.63, 3.8) is 0 Å². The second kappa shape index (κ2) is 5.34. The average Bonchev–Trinajstić information content (AvgIpc) is 2.64. The molecule has 0 bridgehead atoms. The Bertz CT molecular complexity index is 371. The lowest BCUT2D eigenvalue weighted by Crippen LogP contribution is -2.37. The maximum atomic E-state index is 13.1. The summed E-state index contributed by atoms with van der Waals surface area (Å²) in [6.45, 7) is 1.08. The molecule has 0 saturated heterocycles. The molecule has 1 aliphatic carbocycles. The molecule has 0 atom stereocenters. The van der Waals surface area contributed by atoms with Crippen LogP contribution in [0.25, 0.3) is 0 Å². The summed E-state index contributed by atoms with van der Waals surface area (Å²) in [7, 11) is 0.